The number of fused-ring (bicyclic) bond motifs is 1. The number of morpholine rings is 1. The van der Waals surface area contributed by atoms with E-state index in [1.807, 2.05) is 37.8 Å². The molecule has 1 fully saturated rings. The molecule has 4 nitrogen and oxygen atoms in total. The first kappa shape index (κ1) is 13.2. The first-order chi connectivity index (χ1) is 9.54. The Bertz CT molecular complexity index is 647. The summed E-state index contributed by atoms with van der Waals surface area (Å²) in [5, 5.41) is 1.08. The zero-order valence-corrected chi connectivity index (χ0v) is 12.1. The van der Waals surface area contributed by atoms with Crippen LogP contribution in [0.1, 0.15) is 29.9 Å². The molecular formula is C16H20N2O2. The van der Waals surface area contributed by atoms with Gasteiger partial charge in [0, 0.05) is 17.4 Å². The molecule has 1 aromatic heterocycles. The average Bonchev–Trinajstić information content (AvgIpc) is 2.83. The van der Waals surface area contributed by atoms with E-state index in [1.165, 1.54) is 5.56 Å². The summed E-state index contributed by atoms with van der Waals surface area (Å²) in [6, 6.07) is 8.22. The lowest BCUT2D eigenvalue weighted by atomic mass is 10.1. The van der Waals surface area contributed by atoms with Crippen molar-refractivity contribution in [2.24, 2.45) is 0 Å². The number of aromatic nitrogens is 1. The van der Waals surface area contributed by atoms with Crippen LogP contribution in [0.2, 0.25) is 0 Å². The van der Waals surface area contributed by atoms with Crippen LogP contribution in [-0.4, -0.2) is 41.1 Å². The van der Waals surface area contributed by atoms with Crippen LogP contribution >= 0.6 is 0 Å². The summed E-state index contributed by atoms with van der Waals surface area (Å²) in [6.45, 7) is 7.32. The van der Waals surface area contributed by atoms with E-state index < -0.39 is 0 Å². The first-order valence-electron chi connectivity index (χ1n) is 7.06. The lowest BCUT2D eigenvalue weighted by Crippen LogP contribution is -2.50. The summed E-state index contributed by atoms with van der Waals surface area (Å²) in [6.07, 6.45) is 0.0989. The van der Waals surface area contributed by atoms with E-state index >= 15 is 0 Å². The van der Waals surface area contributed by atoms with Crippen molar-refractivity contribution in [1.29, 1.82) is 0 Å². The Kier molecular flexibility index (Phi) is 3.26. The van der Waals surface area contributed by atoms with Gasteiger partial charge in [-0.25, -0.2) is 0 Å². The molecule has 0 spiro atoms. The van der Waals surface area contributed by atoms with E-state index in [1.54, 1.807) is 0 Å². The van der Waals surface area contributed by atoms with Gasteiger partial charge in [-0.1, -0.05) is 12.1 Å². The average molecular weight is 272 g/mol. The molecule has 0 radical (unpaired) electrons. The smallest absolute Gasteiger partial charge is 0.270 e. The third-order valence-corrected chi connectivity index (χ3v) is 3.88. The number of aromatic amines is 1. The van der Waals surface area contributed by atoms with Crippen LogP contribution < -0.4 is 0 Å². The van der Waals surface area contributed by atoms with Gasteiger partial charge in [-0.15, -0.1) is 0 Å². The predicted molar refractivity (Wildman–Crippen MR) is 78.9 cm³/mol. The minimum absolute atomic E-state index is 0.0569. The van der Waals surface area contributed by atoms with Crippen LogP contribution in [0.15, 0.2) is 24.3 Å². The zero-order chi connectivity index (χ0) is 14.3. The number of carbonyl (C=O) groups excluding carboxylic acids is 1. The molecule has 1 aliphatic heterocycles. The van der Waals surface area contributed by atoms with Crippen LogP contribution in [-0.2, 0) is 4.74 Å². The predicted octanol–water partition coefficient (Wildman–Crippen LogP) is 2.73. The molecular weight excluding hydrogens is 252 g/mol. The summed E-state index contributed by atoms with van der Waals surface area (Å²) in [7, 11) is 0. The number of amides is 1. The first-order valence-corrected chi connectivity index (χ1v) is 7.06. The van der Waals surface area contributed by atoms with Crippen molar-refractivity contribution in [2.75, 3.05) is 13.2 Å². The summed E-state index contributed by atoms with van der Waals surface area (Å²) in [4.78, 5) is 17.8. The molecule has 2 atom stereocenters. The number of ether oxygens (including phenoxy) is 1. The highest BCUT2D eigenvalue weighted by Gasteiger charge is 2.28. The summed E-state index contributed by atoms with van der Waals surface area (Å²) in [5.74, 6) is 0.0569. The third-order valence-electron chi connectivity index (χ3n) is 3.88. The molecule has 0 bridgehead atoms. The van der Waals surface area contributed by atoms with Gasteiger partial charge in [0.25, 0.3) is 5.91 Å². The van der Waals surface area contributed by atoms with E-state index in [0.717, 1.165) is 10.9 Å². The van der Waals surface area contributed by atoms with Crippen molar-refractivity contribution in [1.82, 2.24) is 9.88 Å². The van der Waals surface area contributed by atoms with E-state index in [9.17, 15) is 4.79 Å². The molecule has 1 aromatic carbocycles. The van der Waals surface area contributed by atoms with Gasteiger partial charge in [-0.3, -0.25) is 4.79 Å². The fourth-order valence-corrected chi connectivity index (χ4v) is 2.70. The van der Waals surface area contributed by atoms with Gasteiger partial charge >= 0.3 is 0 Å². The third kappa shape index (κ3) is 2.31. The molecule has 0 saturated carbocycles. The van der Waals surface area contributed by atoms with E-state index in [0.29, 0.717) is 18.8 Å². The van der Waals surface area contributed by atoms with Crippen LogP contribution in [0.5, 0.6) is 0 Å². The van der Waals surface area contributed by atoms with Gasteiger partial charge < -0.3 is 14.6 Å². The number of rotatable bonds is 1. The van der Waals surface area contributed by atoms with Crippen molar-refractivity contribution in [3.8, 4) is 0 Å². The van der Waals surface area contributed by atoms with Crippen molar-refractivity contribution in [3.05, 3.63) is 35.5 Å². The largest absolute Gasteiger partial charge is 0.375 e. The van der Waals surface area contributed by atoms with Gasteiger partial charge in [0.15, 0.2) is 0 Å². The monoisotopic (exact) mass is 272 g/mol. The number of hydrogen-bond donors (Lipinski definition) is 1. The molecule has 2 heterocycles. The second kappa shape index (κ2) is 4.94. The number of nitrogens with zero attached hydrogens (tertiary/aromatic N) is 1. The van der Waals surface area contributed by atoms with Gasteiger partial charge in [0.05, 0.1) is 18.8 Å². The molecule has 1 N–H and O–H groups in total. The molecule has 2 aromatic rings. The fourth-order valence-electron chi connectivity index (χ4n) is 2.70. The lowest BCUT2D eigenvalue weighted by molar-refractivity contribution is -0.0388. The van der Waals surface area contributed by atoms with Crippen molar-refractivity contribution < 1.29 is 9.53 Å². The molecule has 0 unspecified atom stereocenters. The van der Waals surface area contributed by atoms with E-state index in [4.69, 9.17) is 4.74 Å². The Hall–Kier alpha value is -1.81. The SMILES string of the molecule is Cc1ccc2cc(C(=O)N3C[C@H](C)OC[C@H]3C)[nH]c2c1. The lowest BCUT2D eigenvalue weighted by Gasteiger charge is -2.36. The van der Waals surface area contributed by atoms with Gasteiger partial charge in [-0.05, 0) is 38.5 Å². The zero-order valence-electron chi connectivity index (χ0n) is 12.1. The fraction of sp³-hybridized carbons (Fsp3) is 0.438. The number of aryl methyl sites for hydroxylation is 1. The van der Waals surface area contributed by atoms with Crippen LogP contribution in [0.3, 0.4) is 0 Å². The Labute approximate surface area is 118 Å². The Morgan fingerprint density at radius 3 is 2.95 bits per heavy atom. The number of carbonyl (C=O) groups is 1. The topological polar surface area (TPSA) is 45.3 Å². The van der Waals surface area contributed by atoms with Crippen molar-refractivity contribution >= 4 is 16.8 Å². The number of H-pyrrole nitrogens is 1. The van der Waals surface area contributed by atoms with Crippen molar-refractivity contribution in [2.45, 2.75) is 32.9 Å². The molecule has 1 aliphatic rings. The number of nitrogens with one attached hydrogen (secondary N) is 1. The maximum absolute atomic E-state index is 12.6. The standard InChI is InChI=1S/C16H20N2O2/c1-10-4-5-13-7-15(17-14(13)6-10)16(19)18-8-12(3)20-9-11(18)2/h4-7,11-12,17H,8-9H2,1-3H3/t11-,12+/m1/s1. The van der Waals surface area contributed by atoms with Crippen LogP contribution in [0.4, 0.5) is 0 Å². The molecule has 0 aliphatic carbocycles. The van der Waals surface area contributed by atoms with Gasteiger partial charge in [-0.2, -0.15) is 0 Å². The van der Waals surface area contributed by atoms with Crippen LogP contribution in [0.25, 0.3) is 10.9 Å². The molecule has 4 heteroatoms. The quantitative estimate of drug-likeness (QED) is 0.867. The Morgan fingerprint density at radius 2 is 2.15 bits per heavy atom. The van der Waals surface area contributed by atoms with E-state index in [2.05, 4.69) is 17.1 Å². The second-order valence-electron chi connectivity index (χ2n) is 5.72. The maximum atomic E-state index is 12.6. The van der Waals surface area contributed by atoms with Gasteiger partial charge in [0.2, 0.25) is 0 Å². The summed E-state index contributed by atoms with van der Waals surface area (Å²) in [5.41, 5.74) is 2.86. The molecule has 20 heavy (non-hydrogen) atoms. The van der Waals surface area contributed by atoms with Crippen LogP contribution in [0, 0.1) is 6.92 Å². The minimum Gasteiger partial charge on any atom is -0.375 e. The summed E-state index contributed by atoms with van der Waals surface area (Å²) >= 11 is 0. The number of hydrogen-bond acceptors (Lipinski definition) is 2. The Morgan fingerprint density at radius 1 is 1.35 bits per heavy atom. The second-order valence-corrected chi connectivity index (χ2v) is 5.72. The van der Waals surface area contributed by atoms with Crippen molar-refractivity contribution in [3.63, 3.8) is 0 Å². The summed E-state index contributed by atoms with van der Waals surface area (Å²) < 4.78 is 5.58. The van der Waals surface area contributed by atoms with Gasteiger partial charge in [0.1, 0.15) is 5.69 Å². The van der Waals surface area contributed by atoms with E-state index in [-0.39, 0.29) is 18.1 Å². The highest BCUT2D eigenvalue weighted by Crippen LogP contribution is 2.20. The highest BCUT2D eigenvalue weighted by molar-refractivity contribution is 5.98. The molecule has 106 valence electrons. The molecule has 1 amide bonds. The Balaban J connectivity index is 1.91. The minimum atomic E-state index is 0.0569. The number of benzene rings is 1. The normalized spacial score (nSPS) is 23.2. The molecule has 3 rings (SSSR count). The molecule has 1 saturated heterocycles. The maximum Gasteiger partial charge on any atom is 0.270 e. The highest BCUT2D eigenvalue weighted by atomic mass is 16.5.